The molecule has 21 heavy (non-hydrogen) atoms. The molecule has 0 saturated carbocycles. The fourth-order valence-electron chi connectivity index (χ4n) is 2.64. The molecule has 8 heteroatoms. The predicted octanol–water partition coefficient (Wildman–Crippen LogP) is 1.41. The second kappa shape index (κ2) is 5.96. The number of rotatable bonds is 4. The summed E-state index contributed by atoms with van der Waals surface area (Å²) < 4.78 is 35.4. The molecule has 0 atom stereocenters. The Hall–Kier alpha value is -1.09. The Balaban J connectivity index is 1.86. The highest BCUT2D eigenvalue weighted by atomic mass is 32.2. The van der Waals surface area contributed by atoms with Crippen molar-refractivity contribution >= 4 is 32.8 Å². The van der Waals surface area contributed by atoms with Crippen molar-refractivity contribution in [3.63, 3.8) is 0 Å². The second-order valence-electron chi connectivity index (χ2n) is 5.13. The number of hydrogen-bond donors (Lipinski definition) is 0. The Morgan fingerprint density at radius 3 is 2.67 bits per heavy atom. The maximum Gasteiger partial charge on any atom is 0.245 e. The lowest BCUT2D eigenvalue weighted by atomic mass is 10.3. The minimum absolute atomic E-state index is 0.276. The van der Waals surface area contributed by atoms with E-state index in [1.165, 1.54) is 0 Å². The van der Waals surface area contributed by atoms with Gasteiger partial charge in [0.05, 0.1) is 11.7 Å². The molecule has 1 aliphatic heterocycles. The van der Waals surface area contributed by atoms with Crippen LogP contribution in [0.1, 0.15) is 13.3 Å². The van der Waals surface area contributed by atoms with E-state index in [2.05, 4.69) is 20.6 Å². The van der Waals surface area contributed by atoms with E-state index >= 15 is 0 Å². The molecule has 6 nitrogen and oxygen atoms in total. The molecule has 1 saturated heterocycles. The maximum absolute atomic E-state index is 12.8. The summed E-state index contributed by atoms with van der Waals surface area (Å²) >= 11 is 1.05. The number of hydrogen-bond acceptors (Lipinski definition) is 6. The van der Waals surface area contributed by atoms with E-state index in [0.29, 0.717) is 24.1 Å². The van der Waals surface area contributed by atoms with Crippen molar-refractivity contribution in [2.24, 2.45) is 0 Å². The Morgan fingerprint density at radius 2 is 1.95 bits per heavy atom. The lowest BCUT2D eigenvalue weighted by molar-refractivity contribution is 0.189. The van der Waals surface area contributed by atoms with Crippen LogP contribution in [0.15, 0.2) is 23.1 Å². The number of nitrogens with zero attached hydrogens (tertiary/aromatic N) is 4. The molecular weight excluding hydrogens is 308 g/mol. The summed E-state index contributed by atoms with van der Waals surface area (Å²) in [6.45, 7) is 5.82. The van der Waals surface area contributed by atoms with Gasteiger partial charge in [0, 0.05) is 26.2 Å². The average Bonchev–Trinajstić information content (AvgIpc) is 2.96. The zero-order valence-electron chi connectivity index (χ0n) is 11.9. The van der Waals surface area contributed by atoms with E-state index < -0.39 is 10.0 Å². The zero-order chi connectivity index (χ0) is 14.9. The molecule has 0 aliphatic carbocycles. The number of aromatic nitrogens is 2. The molecule has 0 unspecified atom stereocenters. The predicted molar refractivity (Wildman–Crippen MR) is 82.9 cm³/mol. The number of fused-ring (bicyclic) bond motifs is 1. The van der Waals surface area contributed by atoms with Gasteiger partial charge in [-0.3, -0.25) is 0 Å². The molecular formula is C13H18N4O2S2. The highest BCUT2D eigenvalue weighted by molar-refractivity contribution is 7.89. The first-order valence-electron chi connectivity index (χ1n) is 7.06. The van der Waals surface area contributed by atoms with Gasteiger partial charge in [0.25, 0.3) is 0 Å². The Kier molecular flexibility index (Phi) is 4.21. The van der Waals surface area contributed by atoms with E-state index in [1.54, 1.807) is 22.5 Å². The van der Waals surface area contributed by atoms with Crippen molar-refractivity contribution < 1.29 is 8.42 Å². The molecule has 1 aromatic carbocycles. The van der Waals surface area contributed by atoms with Crippen molar-refractivity contribution in [1.29, 1.82) is 0 Å². The van der Waals surface area contributed by atoms with Gasteiger partial charge in [0.1, 0.15) is 15.9 Å². The summed E-state index contributed by atoms with van der Waals surface area (Å²) in [5, 5.41) is 0. The SMILES string of the molecule is CCCN1CCN(S(=O)(=O)c2cccc3nsnc23)CC1. The van der Waals surface area contributed by atoms with E-state index in [0.717, 1.165) is 37.8 Å². The largest absolute Gasteiger partial charge is 0.301 e. The van der Waals surface area contributed by atoms with E-state index in [4.69, 9.17) is 0 Å². The minimum atomic E-state index is -3.49. The standard InChI is InChI=1S/C13H18N4O2S2/c1-2-6-16-7-9-17(10-8-16)21(18,19)12-5-3-4-11-13(12)15-20-14-11/h3-5H,2,6-10H2,1H3. The van der Waals surface area contributed by atoms with Crippen LogP contribution in [0.3, 0.4) is 0 Å². The summed E-state index contributed by atoms with van der Waals surface area (Å²) in [6, 6.07) is 5.14. The summed E-state index contributed by atoms with van der Waals surface area (Å²) in [6.07, 6.45) is 1.09. The molecule has 1 fully saturated rings. The normalized spacial score (nSPS) is 18.3. The molecule has 0 radical (unpaired) electrons. The number of piperazine rings is 1. The summed E-state index contributed by atoms with van der Waals surface area (Å²) in [5.41, 5.74) is 1.13. The van der Waals surface area contributed by atoms with Crippen LogP contribution in [-0.2, 0) is 10.0 Å². The van der Waals surface area contributed by atoms with Crippen LogP contribution < -0.4 is 0 Å². The van der Waals surface area contributed by atoms with Gasteiger partial charge in [-0.25, -0.2) is 8.42 Å². The topological polar surface area (TPSA) is 66.4 Å². The third-order valence-corrected chi connectivity index (χ3v) is 6.21. The smallest absolute Gasteiger partial charge is 0.245 e. The minimum Gasteiger partial charge on any atom is -0.301 e. The first-order chi connectivity index (χ1) is 10.1. The van der Waals surface area contributed by atoms with Gasteiger partial charge in [0.2, 0.25) is 10.0 Å². The van der Waals surface area contributed by atoms with Gasteiger partial charge in [-0.15, -0.1) is 0 Å². The molecule has 0 bridgehead atoms. The van der Waals surface area contributed by atoms with E-state index in [-0.39, 0.29) is 4.90 Å². The van der Waals surface area contributed by atoms with Crippen molar-refractivity contribution in [2.75, 3.05) is 32.7 Å². The molecule has 1 aromatic heterocycles. The second-order valence-corrected chi connectivity index (χ2v) is 7.57. The zero-order valence-corrected chi connectivity index (χ0v) is 13.5. The van der Waals surface area contributed by atoms with E-state index in [9.17, 15) is 8.42 Å². The molecule has 0 N–H and O–H groups in total. The van der Waals surface area contributed by atoms with Crippen LogP contribution in [0.25, 0.3) is 11.0 Å². The number of benzene rings is 1. The first kappa shape index (κ1) is 14.8. The Labute approximate surface area is 128 Å². The molecule has 2 aromatic rings. The van der Waals surface area contributed by atoms with Crippen LogP contribution in [-0.4, -0.2) is 59.1 Å². The first-order valence-corrected chi connectivity index (χ1v) is 9.24. The van der Waals surface area contributed by atoms with Crippen molar-refractivity contribution in [3.8, 4) is 0 Å². The Morgan fingerprint density at radius 1 is 1.19 bits per heavy atom. The summed E-state index contributed by atoms with van der Waals surface area (Å²) in [5.74, 6) is 0. The highest BCUT2D eigenvalue weighted by Crippen LogP contribution is 2.25. The van der Waals surface area contributed by atoms with Crippen molar-refractivity contribution in [3.05, 3.63) is 18.2 Å². The van der Waals surface area contributed by atoms with Gasteiger partial charge < -0.3 is 4.90 Å². The van der Waals surface area contributed by atoms with Gasteiger partial charge in [0.15, 0.2) is 0 Å². The van der Waals surface area contributed by atoms with E-state index in [1.807, 2.05) is 0 Å². The molecule has 1 aliphatic rings. The van der Waals surface area contributed by atoms with Crippen molar-refractivity contribution in [1.82, 2.24) is 18.0 Å². The van der Waals surface area contributed by atoms with Gasteiger partial charge in [-0.1, -0.05) is 13.0 Å². The molecule has 0 spiro atoms. The Bertz CT molecular complexity index is 721. The summed E-state index contributed by atoms with van der Waals surface area (Å²) in [7, 11) is -3.49. The van der Waals surface area contributed by atoms with Gasteiger partial charge in [-0.2, -0.15) is 13.1 Å². The lowest BCUT2D eigenvalue weighted by Gasteiger charge is -2.33. The van der Waals surface area contributed by atoms with Gasteiger partial charge in [-0.05, 0) is 25.1 Å². The summed E-state index contributed by atoms with van der Waals surface area (Å²) in [4.78, 5) is 2.58. The van der Waals surface area contributed by atoms with Crippen LogP contribution in [0, 0.1) is 0 Å². The van der Waals surface area contributed by atoms with Crippen LogP contribution in [0.5, 0.6) is 0 Å². The lowest BCUT2D eigenvalue weighted by Crippen LogP contribution is -2.48. The average molecular weight is 326 g/mol. The fraction of sp³-hybridized carbons (Fsp3) is 0.538. The van der Waals surface area contributed by atoms with Crippen LogP contribution in [0.2, 0.25) is 0 Å². The van der Waals surface area contributed by atoms with Crippen LogP contribution in [0.4, 0.5) is 0 Å². The van der Waals surface area contributed by atoms with Crippen LogP contribution >= 0.6 is 11.7 Å². The molecule has 0 amide bonds. The third kappa shape index (κ3) is 2.80. The molecule has 114 valence electrons. The third-order valence-electron chi connectivity index (χ3n) is 3.74. The maximum atomic E-state index is 12.8. The highest BCUT2D eigenvalue weighted by Gasteiger charge is 2.30. The quantitative estimate of drug-likeness (QED) is 0.850. The number of sulfonamides is 1. The molecule has 3 rings (SSSR count). The van der Waals surface area contributed by atoms with Crippen molar-refractivity contribution in [2.45, 2.75) is 18.2 Å². The monoisotopic (exact) mass is 326 g/mol. The fourth-order valence-corrected chi connectivity index (χ4v) is 4.81. The van der Waals surface area contributed by atoms with Gasteiger partial charge >= 0.3 is 0 Å². The molecule has 2 heterocycles.